The Hall–Kier alpha value is -4.36. The number of anilines is 3. The molecule has 1 saturated heterocycles. The van der Waals surface area contributed by atoms with Gasteiger partial charge in [0.05, 0.1) is 16.9 Å². The van der Waals surface area contributed by atoms with E-state index in [2.05, 4.69) is 38.2 Å². The molecule has 0 aromatic heterocycles. The van der Waals surface area contributed by atoms with Crippen LogP contribution >= 0.6 is 0 Å². The van der Waals surface area contributed by atoms with Crippen LogP contribution in [0.4, 0.5) is 17.1 Å². The van der Waals surface area contributed by atoms with Gasteiger partial charge in [-0.1, -0.05) is 41.0 Å². The number of aromatic hydroxyl groups is 2. The minimum atomic E-state index is -1.91. The molecule has 0 spiro atoms. The maximum atomic E-state index is 14.0. The Morgan fingerprint density at radius 2 is 1.61 bits per heavy atom. The number of phenols is 2. The SMILES string of the molecule is CC(C)=CCC/C(C)=C/CC/C(C)=C/CN1C(=O)c2cccc(O[C@H]3O[C@H](C(=O)O)[C@@H](O)[C@H](O)[C@H]3O)c2Nc2c(O)cc(O)cc21. The number of aliphatic hydroxyl groups is 3. The average molecular weight is 639 g/mol. The Labute approximate surface area is 267 Å². The van der Waals surface area contributed by atoms with Gasteiger partial charge in [-0.15, -0.1) is 0 Å². The number of rotatable bonds is 11. The van der Waals surface area contributed by atoms with Crippen LogP contribution in [0.5, 0.6) is 17.2 Å². The number of carbonyl (C=O) groups is 2. The first-order chi connectivity index (χ1) is 21.8. The highest BCUT2D eigenvalue weighted by atomic mass is 16.7. The number of hydrogen-bond acceptors (Lipinski definition) is 10. The summed E-state index contributed by atoms with van der Waals surface area (Å²) in [7, 11) is 0. The quantitative estimate of drug-likeness (QED) is 0.104. The van der Waals surface area contributed by atoms with E-state index in [0.29, 0.717) is 0 Å². The molecule has 2 aliphatic heterocycles. The first-order valence-corrected chi connectivity index (χ1v) is 15.1. The molecule has 2 aliphatic rings. The van der Waals surface area contributed by atoms with Crippen LogP contribution in [0.2, 0.25) is 0 Å². The topological polar surface area (TPSA) is 189 Å². The molecule has 2 aromatic rings. The first kappa shape index (κ1) is 34.5. The van der Waals surface area contributed by atoms with Crippen molar-refractivity contribution in [2.24, 2.45) is 0 Å². The number of allylic oxidation sites excluding steroid dienone is 5. The van der Waals surface area contributed by atoms with Crippen molar-refractivity contribution in [2.45, 2.75) is 84.1 Å². The second-order valence-electron chi connectivity index (χ2n) is 11.9. The fourth-order valence-corrected chi connectivity index (χ4v) is 5.30. The highest BCUT2D eigenvalue weighted by Crippen LogP contribution is 2.46. The van der Waals surface area contributed by atoms with Crippen molar-refractivity contribution >= 4 is 28.9 Å². The number of hydrogen-bond donors (Lipinski definition) is 7. The lowest BCUT2D eigenvalue weighted by Crippen LogP contribution is -2.61. The molecule has 2 heterocycles. The molecule has 0 saturated carbocycles. The van der Waals surface area contributed by atoms with Gasteiger partial charge in [0.25, 0.3) is 5.91 Å². The highest BCUT2D eigenvalue weighted by Gasteiger charge is 2.48. The van der Waals surface area contributed by atoms with Crippen molar-refractivity contribution in [3.05, 3.63) is 70.8 Å². The van der Waals surface area contributed by atoms with Gasteiger partial charge in [0.1, 0.15) is 41.2 Å². The number of para-hydroxylation sites is 1. The van der Waals surface area contributed by atoms with Gasteiger partial charge in [0.2, 0.25) is 6.29 Å². The number of carbonyl (C=O) groups excluding carboxylic acids is 1. The lowest BCUT2D eigenvalue weighted by Gasteiger charge is -2.38. The van der Waals surface area contributed by atoms with Gasteiger partial charge in [-0.05, 0) is 65.5 Å². The Morgan fingerprint density at radius 1 is 0.935 bits per heavy atom. The summed E-state index contributed by atoms with van der Waals surface area (Å²) in [5.74, 6) is -2.77. The first-order valence-electron chi connectivity index (χ1n) is 15.1. The number of aliphatic carboxylic acids is 1. The second-order valence-corrected chi connectivity index (χ2v) is 11.9. The molecule has 1 fully saturated rings. The number of nitrogens with one attached hydrogen (secondary N) is 1. The molecule has 5 atom stereocenters. The van der Waals surface area contributed by atoms with E-state index in [1.165, 1.54) is 40.3 Å². The molecule has 1 amide bonds. The van der Waals surface area contributed by atoms with Crippen LogP contribution in [-0.2, 0) is 9.53 Å². The van der Waals surface area contributed by atoms with Gasteiger partial charge in [-0.2, -0.15) is 0 Å². The van der Waals surface area contributed by atoms with Gasteiger partial charge in [0.15, 0.2) is 6.10 Å². The summed E-state index contributed by atoms with van der Waals surface area (Å²) >= 11 is 0. The molecule has 0 bridgehead atoms. The number of phenolic OH excluding ortho intramolecular Hbond substituents is 2. The van der Waals surface area contributed by atoms with Crippen molar-refractivity contribution in [2.75, 3.05) is 16.8 Å². The monoisotopic (exact) mass is 638 g/mol. The van der Waals surface area contributed by atoms with E-state index in [-0.39, 0.29) is 46.4 Å². The third-order valence-electron chi connectivity index (χ3n) is 7.93. The largest absolute Gasteiger partial charge is 0.508 e. The number of aliphatic hydroxyl groups excluding tert-OH is 3. The smallest absolute Gasteiger partial charge is 0.335 e. The third kappa shape index (κ3) is 7.88. The maximum absolute atomic E-state index is 14.0. The van der Waals surface area contributed by atoms with Gasteiger partial charge < -0.3 is 50.3 Å². The zero-order valence-corrected chi connectivity index (χ0v) is 26.3. The van der Waals surface area contributed by atoms with E-state index >= 15 is 0 Å². The molecule has 4 rings (SSSR count). The summed E-state index contributed by atoms with van der Waals surface area (Å²) in [6, 6.07) is 6.90. The fraction of sp³-hybridized carbons (Fsp3) is 0.412. The number of ether oxygens (including phenoxy) is 2. The predicted octanol–water partition coefficient (Wildman–Crippen LogP) is 4.49. The van der Waals surface area contributed by atoms with Crippen LogP contribution in [0, 0.1) is 0 Å². The summed E-state index contributed by atoms with van der Waals surface area (Å²) in [6.07, 6.45) is 0.689. The van der Waals surface area contributed by atoms with Gasteiger partial charge in [-0.3, -0.25) is 4.79 Å². The van der Waals surface area contributed by atoms with Gasteiger partial charge >= 0.3 is 5.97 Å². The molecular formula is C34H42N2O10. The summed E-state index contributed by atoms with van der Waals surface area (Å²) in [5.41, 5.74) is 4.10. The Balaban J connectivity index is 1.61. The van der Waals surface area contributed by atoms with Crippen molar-refractivity contribution in [3.63, 3.8) is 0 Å². The van der Waals surface area contributed by atoms with Crippen LogP contribution in [0.15, 0.2) is 65.3 Å². The van der Waals surface area contributed by atoms with E-state index in [1.807, 2.05) is 13.0 Å². The minimum absolute atomic E-state index is 0.0648. The molecule has 0 radical (unpaired) electrons. The molecular weight excluding hydrogens is 596 g/mol. The lowest BCUT2D eigenvalue weighted by atomic mass is 9.99. The molecule has 12 nitrogen and oxygen atoms in total. The maximum Gasteiger partial charge on any atom is 0.335 e. The molecule has 7 N–H and O–H groups in total. The number of benzene rings is 2. The van der Waals surface area contributed by atoms with Gasteiger partial charge in [-0.25, -0.2) is 4.79 Å². The normalized spacial score (nSPS) is 23.2. The molecule has 0 unspecified atom stereocenters. The van der Waals surface area contributed by atoms with E-state index in [0.717, 1.165) is 37.3 Å². The van der Waals surface area contributed by atoms with Crippen molar-refractivity contribution in [1.82, 2.24) is 0 Å². The van der Waals surface area contributed by atoms with Crippen LogP contribution < -0.4 is 15.0 Å². The molecule has 46 heavy (non-hydrogen) atoms. The average Bonchev–Trinajstić information content (AvgIpc) is 3.10. The van der Waals surface area contributed by atoms with E-state index < -0.39 is 42.6 Å². The minimum Gasteiger partial charge on any atom is -0.508 e. The molecule has 0 aliphatic carbocycles. The zero-order valence-electron chi connectivity index (χ0n) is 26.3. The highest BCUT2D eigenvalue weighted by molar-refractivity contribution is 6.15. The standard InChI is InChI=1S/C34H42N2O10/c1-18(2)8-5-9-19(3)10-6-11-20(4)14-15-36-23-16-21(37)17-24(38)27(23)35-26-22(32(36)42)12-7-13-25(26)45-34-30(41)28(39)29(40)31(46-34)33(43)44/h7-8,10,12-14,16-17,28-31,34-35,37-41H,5-6,9,11,15H2,1-4H3,(H,43,44)/b19-10+,20-14+/t28-,29-,30+,31-,34-/m0/s1. The number of carboxylic acids is 1. The molecule has 248 valence electrons. The van der Waals surface area contributed by atoms with Crippen LogP contribution in [0.3, 0.4) is 0 Å². The Bertz CT molecular complexity index is 1540. The predicted molar refractivity (Wildman–Crippen MR) is 172 cm³/mol. The van der Waals surface area contributed by atoms with Gasteiger partial charge in [0, 0.05) is 18.7 Å². The summed E-state index contributed by atoms with van der Waals surface area (Å²) < 4.78 is 11.1. The van der Waals surface area contributed by atoms with Crippen LogP contribution in [0.25, 0.3) is 0 Å². The Morgan fingerprint density at radius 3 is 2.28 bits per heavy atom. The van der Waals surface area contributed by atoms with Crippen molar-refractivity contribution in [3.8, 4) is 17.2 Å². The number of carboxylic acid groups (broad SMARTS) is 1. The van der Waals surface area contributed by atoms with E-state index in [9.17, 15) is 40.2 Å². The van der Waals surface area contributed by atoms with Crippen LogP contribution in [0.1, 0.15) is 63.7 Å². The summed E-state index contributed by atoms with van der Waals surface area (Å²) in [5, 5.41) is 64.3. The Kier molecular flexibility index (Phi) is 11.1. The molecule has 2 aromatic carbocycles. The third-order valence-corrected chi connectivity index (χ3v) is 7.93. The second kappa shape index (κ2) is 14.8. The van der Waals surface area contributed by atoms with E-state index in [4.69, 9.17) is 9.47 Å². The fourth-order valence-electron chi connectivity index (χ4n) is 5.30. The van der Waals surface area contributed by atoms with Crippen LogP contribution in [-0.4, -0.2) is 79.8 Å². The summed E-state index contributed by atoms with van der Waals surface area (Å²) in [6.45, 7) is 8.37. The molecule has 12 heteroatoms. The number of fused-ring (bicyclic) bond motifs is 2. The van der Waals surface area contributed by atoms with Crippen molar-refractivity contribution in [1.29, 1.82) is 0 Å². The number of nitrogens with zero attached hydrogens (tertiary/aromatic N) is 1. The zero-order chi connectivity index (χ0) is 33.7. The summed E-state index contributed by atoms with van der Waals surface area (Å²) in [4.78, 5) is 27.0. The van der Waals surface area contributed by atoms with E-state index in [1.54, 1.807) is 0 Å². The number of amides is 1. The lowest BCUT2D eigenvalue weighted by molar-refractivity contribution is -0.271. The van der Waals surface area contributed by atoms with Crippen molar-refractivity contribution < 1.29 is 49.7 Å².